The Bertz CT molecular complexity index is 158. The molecule has 62 valence electrons. The monoisotopic (exact) mass is 151 g/mol. The number of hydrogen-bond donors (Lipinski definition) is 0. The van der Waals surface area contributed by atoms with Gasteiger partial charge in [-0.3, -0.25) is 0 Å². The Morgan fingerprint density at radius 3 is 2.82 bits per heavy atom. The van der Waals surface area contributed by atoms with Crippen molar-refractivity contribution in [3.63, 3.8) is 0 Å². The van der Waals surface area contributed by atoms with Gasteiger partial charge in [0.15, 0.2) is 0 Å². The average Bonchev–Trinajstić information content (AvgIpc) is 2.07. The summed E-state index contributed by atoms with van der Waals surface area (Å²) in [5.74, 6) is 0. The molecular formula is C10H17N. The molecule has 0 aromatic heterocycles. The van der Waals surface area contributed by atoms with Gasteiger partial charge < -0.3 is 4.90 Å². The molecule has 0 bridgehead atoms. The second kappa shape index (κ2) is 4.22. The van der Waals surface area contributed by atoms with E-state index in [0.717, 1.165) is 6.54 Å². The fraction of sp³-hybridized carbons (Fsp3) is 0.600. The van der Waals surface area contributed by atoms with Gasteiger partial charge in [-0.1, -0.05) is 25.5 Å². The van der Waals surface area contributed by atoms with Crippen molar-refractivity contribution in [2.45, 2.75) is 32.7 Å². The highest BCUT2D eigenvalue weighted by molar-refractivity contribution is 5.09. The molecule has 1 aliphatic rings. The summed E-state index contributed by atoms with van der Waals surface area (Å²) in [6.45, 7) is 5.60. The Balaban J connectivity index is 2.35. The Labute approximate surface area is 69.4 Å². The zero-order valence-corrected chi connectivity index (χ0v) is 7.46. The number of allylic oxidation sites excluding steroid dienone is 2. The van der Waals surface area contributed by atoms with Gasteiger partial charge in [0.1, 0.15) is 0 Å². The molecule has 0 aliphatic carbocycles. The molecule has 0 saturated carbocycles. The van der Waals surface area contributed by atoms with Crippen molar-refractivity contribution in [2.24, 2.45) is 0 Å². The summed E-state index contributed by atoms with van der Waals surface area (Å²) in [5, 5.41) is 0. The largest absolute Gasteiger partial charge is 0.371 e. The van der Waals surface area contributed by atoms with Gasteiger partial charge in [0.05, 0.1) is 0 Å². The molecule has 1 heteroatoms. The fourth-order valence-corrected chi connectivity index (χ4v) is 1.39. The zero-order chi connectivity index (χ0) is 8.10. The van der Waals surface area contributed by atoms with Crippen molar-refractivity contribution >= 4 is 0 Å². The summed E-state index contributed by atoms with van der Waals surface area (Å²) >= 11 is 0. The van der Waals surface area contributed by atoms with Gasteiger partial charge in [0.2, 0.25) is 0 Å². The van der Waals surface area contributed by atoms with Crippen molar-refractivity contribution in [1.82, 2.24) is 4.90 Å². The Kier molecular flexibility index (Phi) is 3.21. The molecular weight excluding hydrogens is 134 g/mol. The summed E-state index contributed by atoms with van der Waals surface area (Å²) in [6.07, 6.45) is 11.2. The summed E-state index contributed by atoms with van der Waals surface area (Å²) in [5.41, 5.74) is 0. The van der Waals surface area contributed by atoms with Crippen LogP contribution in [0.4, 0.5) is 0 Å². The molecule has 0 aromatic rings. The highest BCUT2D eigenvalue weighted by Crippen LogP contribution is 2.09. The first-order chi connectivity index (χ1) is 5.34. The van der Waals surface area contributed by atoms with E-state index in [2.05, 4.69) is 43.2 Å². The summed E-state index contributed by atoms with van der Waals surface area (Å²) in [7, 11) is 0. The molecule has 0 spiro atoms. The van der Waals surface area contributed by atoms with E-state index in [1.54, 1.807) is 0 Å². The molecule has 11 heavy (non-hydrogen) atoms. The van der Waals surface area contributed by atoms with E-state index in [0.29, 0.717) is 6.04 Å². The van der Waals surface area contributed by atoms with Crippen LogP contribution in [-0.4, -0.2) is 17.5 Å². The minimum Gasteiger partial charge on any atom is -0.371 e. The lowest BCUT2D eigenvalue weighted by atomic mass is 10.1. The van der Waals surface area contributed by atoms with Gasteiger partial charge in [-0.25, -0.2) is 0 Å². The van der Waals surface area contributed by atoms with Crippen molar-refractivity contribution in [1.29, 1.82) is 0 Å². The lowest BCUT2D eigenvalue weighted by molar-refractivity contribution is 0.301. The molecule has 0 saturated heterocycles. The lowest BCUT2D eigenvalue weighted by Crippen LogP contribution is -2.28. The fourth-order valence-electron chi connectivity index (χ4n) is 1.39. The van der Waals surface area contributed by atoms with Crippen LogP contribution in [0.15, 0.2) is 24.4 Å². The molecule has 0 aromatic carbocycles. The number of hydrogen-bond acceptors (Lipinski definition) is 1. The third-order valence-corrected chi connectivity index (χ3v) is 2.11. The Morgan fingerprint density at radius 2 is 2.27 bits per heavy atom. The van der Waals surface area contributed by atoms with E-state index >= 15 is 0 Å². The Hall–Kier alpha value is -0.720. The predicted octanol–water partition coefficient (Wildman–Crippen LogP) is 2.56. The summed E-state index contributed by atoms with van der Waals surface area (Å²) in [4.78, 5) is 2.38. The van der Waals surface area contributed by atoms with E-state index in [4.69, 9.17) is 0 Å². The van der Waals surface area contributed by atoms with Crippen LogP contribution in [0.5, 0.6) is 0 Å². The molecule has 0 N–H and O–H groups in total. The van der Waals surface area contributed by atoms with E-state index in [9.17, 15) is 0 Å². The first-order valence-corrected chi connectivity index (χ1v) is 4.43. The average molecular weight is 151 g/mol. The predicted molar refractivity (Wildman–Crippen MR) is 49.4 cm³/mol. The Morgan fingerprint density at radius 1 is 1.45 bits per heavy atom. The maximum Gasteiger partial charge on any atom is 0.0360 e. The maximum atomic E-state index is 2.38. The van der Waals surface area contributed by atoms with E-state index in [1.165, 1.54) is 12.8 Å². The normalized spacial score (nSPS) is 18.9. The minimum atomic E-state index is 0.696. The van der Waals surface area contributed by atoms with Crippen molar-refractivity contribution in [3.8, 4) is 0 Å². The van der Waals surface area contributed by atoms with Gasteiger partial charge in [-0.2, -0.15) is 0 Å². The number of rotatable bonds is 3. The van der Waals surface area contributed by atoms with Crippen LogP contribution in [0.1, 0.15) is 26.7 Å². The SMILES string of the molecule is CCCC(C)N1C=CC=CC1. The van der Waals surface area contributed by atoms with Crippen LogP contribution in [-0.2, 0) is 0 Å². The quantitative estimate of drug-likeness (QED) is 0.599. The molecule has 0 amide bonds. The molecule has 0 radical (unpaired) electrons. The zero-order valence-electron chi connectivity index (χ0n) is 7.46. The second-order valence-electron chi connectivity index (χ2n) is 3.10. The third-order valence-electron chi connectivity index (χ3n) is 2.11. The molecule has 1 rings (SSSR count). The first-order valence-electron chi connectivity index (χ1n) is 4.43. The van der Waals surface area contributed by atoms with E-state index in [1.807, 2.05) is 0 Å². The van der Waals surface area contributed by atoms with Crippen molar-refractivity contribution in [2.75, 3.05) is 6.54 Å². The van der Waals surface area contributed by atoms with Crippen LogP contribution in [0.25, 0.3) is 0 Å². The van der Waals surface area contributed by atoms with Gasteiger partial charge in [-0.15, -0.1) is 0 Å². The molecule has 1 atom stereocenters. The van der Waals surface area contributed by atoms with Crippen LogP contribution < -0.4 is 0 Å². The molecule has 1 nitrogen and oxygen atoms in total. The molecule has 1 unspecified atom stereocenters. The van der Waals surface area contributed by atoms with E-state index < -0.39 is 0 Å². The molecule has 0 fully saturated rings. The van der Waals surface area contributed by atoms with Gasteiger partial charge >= 0.3 is 0 Å². The summed E-state index contributed by atoms with van der Waals surface area (Å²) < 4.78 is 0. The smallest absolute Gasteiger partial charge is 0.0360 e. The molecule has 1 heterocycles. The topological polar surface area (TPSA) is 3.24 Å². The van der Waals surface area contributed by atoms with Crippen LogP contribution in [0.3, 0.4) is 0 Å². The maximum absolute atomic E-state index is 2.38. The first kappa shape index (κ1) is 8.38. The van der Waals surface area contributed by atoms with Crippen LogP contribution in [0, 0.1) is 0 Å². The van der Waals surface area contributed by atoms with Crippen molar-refractivity contribution in [3.05, 3.63) is 24.4 Å². The lowest BCUT2D eigenvalue weighted by Gasteiger charge is -2.27. The minimum absolute atomic E-state index is 0.696. The standard InChI is InChI=1S/C10H17N/c1-3-7-10(2)11-8-5-4-6-9-11/h4-6,8,10H,3,7,9H2,1-2H3. The number of nitrogens with zero attached hydrogens (tertiary/aromatic N) is 1. The van der Waals surface area contributed by atoms with Gasteiger partial charge in [0, 0.05) is 12.6 Å². The van der Waals surface area contributed by atoms with Crippen LogP contribution in [0.2, 0.25) is 0 Å². The van der Waals surface area contributed by atoms with Crippen LogP contribution >= 0.6 is 0 Å². The highest BCUT2D eigenvalue weighted by atomic mass is 15.1. The van der Waals surface area contributed by atoms with Gasteiger partial charge in [0.25, 0.3) is 0 Å². The summed E-state index contributed by atoms with van der Waals surface area (Å²) in [6, 6.07) is 0.696. The van der Waals surface area contributed by atoms with Gasteiger partial charge in [-0.05, 0) is 25.6 Å². The van der Waals surface area contributed by atoms with E-state index in [-0.39, 0.29) is 0 Å². The highest BCUT2D eigenvalue weighted by Gasteiger charge is 2.07. The second-order valence-corrected chi connectivity index (χ2v) is 3.10. The third kappa shape index (κ3) is 2.41. The van der Waals surface area contributed by atoms with Crippen molar-refractivity contribution < 1.29 is 0 Å². The molecule has 1 aliphatic heterocycles.